The number of nitrogens with zero attached hydrogens (tertiary/aromatic N) is 1. The van der Waals surface area contributed by atoms with E-state index in [9.17, 15) is 9.18 Å². The lowest BCUT2D eigenvalue weighted by Gasteiger charge is -2.26. The maximum atomic E-state index is 13.5. The van der Waals surface area contributed by atoms with E-state index < -0.39 is 6.04 Å². The topological polar surface area (TPSA) is 46.3 Å². The summed E-state index contributed by atoms with van der Waals surface area (Å²) in [5, 5.41) is 0. The number of hydrogen-bond acceptors (Lipinski definition) is 2. The van der Waals surface area contributed by atoms with Gasteiger partial charge in [-0.25, -0.2) is 4.39 Å². The maximum Gasteiger partial charge on any atom is 0.240 e. The van der Waals surface area contributed by atoms with Crippen LogP contribution in [0.3, 0.4) is 0 Å². The van der Waals surface area contributed by atoms with E-state index in [1.165, 1.54) is 6.07 Å². The highest BCUT2D eigenvalue weighted by atomic mass is 19.1. The molecule has 3 nitrogen and oxygen atoms in total. The highest BCUT2D eigenvalue weighted by molar-refractivity contribution is 5.81. The molecule has 1 rings (SSSR count). The number of halogens is 1. The zero-order valence-corrected chi connectivity index (χ0v) is 11.2. The number of hydrogen-bond donors (Lipinski definition) is 1. The fourth-order valence-corrected chi connectivity index (χ4v) is 1.67. The second-order valence-corrected chi connectivity index (χ2v) is 4.71. The summed E-state index contributed by atoms with van der Waals surface area (Å²) in [6.45, 7) is 6.46. The molecule has 0 aliphatic heterocycles. The average molecular weight is 252 g/mol. The van der Waals surface area contributed by atoms with Crippen molar-refractivity contribution in [1.29, 1.82) is 0 Å². The molecule has 0 aromatic heterocycles. The smallest absolute Gasteiger partial charge is 0.240 e. The van der Waals surface area contributed by atoms with Crippen molar-refractivity contribution >= 4 is 5.91 Å². The van der Waals surface area contributed by atoms with Crippen LogP contribution in [0.2, 0.25) is 0 Å². The van der Waals surface area contributed by atoms with Crippen molar-refractivity contribution in [2.75, 3.05) is 6.54 Å². The lowest BCUT2D eigenvalue weighted by Crippen LogP contribution is -2.46. The number of rotatable bonds is 5. The third-order valence-electron chi connectivity index (χ3n) is 3.02. The van der Waals surface area contributed by atoms with Crippen LogP contribution in [0.4, 0.5) is 4.39 Å². The largest absolute Gasteiger partial charge is 0.337 e. The van der Waals surface area contributed by atoms with Gasteiger partial charge in [-0.1, -0.05) is 32.0 Å². The van der Waals surface area contributed by atoms with Crippen molar-refractivity contribution in [1.82, 2.24) is 4.90 Å². The average Bonchev–Trinajstić information content (AvgIpc) is 2.36. The molecule has 0 saturated carbocycles. The Labute approximate surface area is 108 Å². The van der Waals surface area contributed by atoms with Gasteiger partial charge in [-0.15, -0.1) is 0 Å². The Morgan fingerprint density at radius 2 is 2.00 bits per heavy atom. The second-order valence-electron chi connectivity index (χ2n) is 4.71. The van der Waals surface area contributed by atoms with Crippen LogP contribution in [-0.2, 0) is 11.3 Å². The van der Waals surface area contributed by atoms with Gasteiger partial charge in [0.1, 0.15) is 5.82 Å². The Morgan fingerprint density at radius 3 is 2.50 bits per heavy atom. The van der Waals surface area contributed by atoms with Gasteiger partial charge in [0.25, 0.3) is 0 Å². The first-order valence-corrected chi connectivity index (χ1v) is 6.25. The Hall–Kier alpha value is -1.42. The van der Waals surface area contributed by atoms with Crippen molar-refractivity contribution in [2.24, 2.45) is 11.7 Å². The molecule has 4 heteroatoms. The van der Waals surface area contributed by atoms with Crippen LogP contribution in [0.5, 0.6) is 0 Å². The molecule has 1 aromatic carbocycles. The van der Waals surface area contributed by atoms with Gasteiger partial charge in [0, 0.05) is 18.7 Å². The van der Waals surface area contributed by atoms with Gasteiger partial charge < -0.3 is 10.6 Å². The van der Waals surface area contributed by atoms with Gasteiger partial charge in [0.15, 0.2) is 0 Å². The number of amides is 1. The molecular formula is C14H21FN2O. The van der Waals surface area contributed by atoms with Gasteiger partial charge in [0.05, 0.1) is 6.04 Å². The molecule has 100 valence electrons. The summed E-state index contributed by atoms with van der Waals surface area (Å²) in [7, 11) is 0. The molecule has 0 spiro atoms. The molecular weight excluding hydrogens is 231 g/mol. The predicted molar refractivity (Wildman–Crippen MR) is 70.3 cm³/mol. The Bertz CT molecular complexity index is 407. The molecule has 1 amide bonds. The monoisotopic (exact) mass is 252 g/mol. The summed E-state index contributed by atoms with van der Waals surface area (Å²) in [5.74, 6) is -0.343. The molecule has 0 radical (unpaired) electrons. The van der Waals surface area contributed by atoms with E-state index in [0.717, 1.165) is 0 Å². The van der Waals surface area contributed by atoms with Gasteiger partial charge in [-0.05, 0) is 18.9 Å². The molecule has 0 saturated heterocycles. The lowest BCUT2D eigenvalue weighted by atomic mass is 10.0. The Kier molecular flexibility index (Phi) is 5.28. The van der Waals surface area contributed by atoms with Gasteiger partial charge >= 0.3 is 0 Å². The molecule has 18 heavy (non-hydrogen) atoms. The highest BCUT2D eigenvalue weighted by Gasteiger charge is 2.23. The number of carbonyl (C=O) groups is 1. The minimum absolute atomic E-state index is 0.0761. The molecule has 0 fully saturated rings. The number of benzene rings is 1. The summed E-state index contributed by atoms with van der Waals surface area (Å²) in [5.41, 5.74) is 6.36. The van der Waals surface area contributed by atoms with Crippen molar-refractivity contribution in [3.63, 3.8) is 0 Å². The highest BCUT2D eigenvalue weighted by Crippen LogP contribution is 2.12. The van der Waals surface area contributed by atoms with E-state index in [1.807, 2.05) is 20.8 Å². The summed E-state index contributed by atoms with van der Waals surface area (Å²) < 4.78 is 13.5. The van der Waals surface area contributed by atoms with Crippen LogP contribution >= 0.6 is 0 Å². The number of carbonyl (C=O) groups excluding carboxylic acids is 1. The van der Waals surface area contributed by atoms with Crippen LogP contribution in [0, 0.1) is 11.7 Å². The molecule has 0 bridgehead atoms. The first-order valence-electron chi connectivity index (χ1n) is 6.25. The SMILES string of the molecule is CCN(Cc1ccccc1F)C(=O)[C@@H](N)C(C)C. The molecule has 0 heterocycles. The third kappa shape index (κ3) is 3.53. The zero-order valence-electron chi connectivity index (χ0n) is 11.2. The first-order chi connectivity index (χ1) is 8.47. The summed E-state index contributed by atoms with van der Waals surface area (Å²) in [6.07, 6.45) is 0. The molecule has 2 N–H and O–H groups in total. The zero-order chi connectivity index (χ0) is 13.7. The fraction of sp³-hybridized carbons (Fsp3) is 0.500. The van der Waals surface area contributed by atoms with E-state index in [0.29, 0.717) is 12.1 Å². The van der Waals surface area contributed by atoms with E-state index in [1.54, 1.807) is 23.1 Å². The van der Waals surface area contributed by atoms with Crippen LogP contribution in [0.15, 0.2) is 24.3 Å². The molecule has 0 unspecified atom stereocenters. The number of likely N-dealkylation sites (N-methyl/N-ethyl adjacent to an activating group) is 1. The lowest BCUT2D eigenvalue weighted by molar-refractivity contribution is -0.134. The van der Waals surface area contributed by atoms with E-state index in [2.05, 4.69) is 0 Å². The maximum absolute atomic E-state index is 13.5. The van der Waals surface area contributed by atoms with E-state index >= 15 is 0 Å². The van der Waals surface area contributed by atoms with Crippen molar-refractivity contribution in [3.8, 4) is 0 Å². The summed E-state index contributed by atoms with van der Waals surface area (Å²) >= 11 is 0. The Balaban J connectivity index is 2.80. The van der Waals surface area contributed by atoms with Crippen LogP contribution in [-0.4, -0.2) is 23.4 Å². The molecule has 0 aliphatic rings. The molecule has 1 atom stereocenters. The predicted octanol–water partition coefficient (Wildman–Crippen LogP) is 2.16. The second kappa shape index (κ2) is 6.50. The Morgan fingerprint density at radius 1 is 1.39 bits per heavy atom. The minimum Gasteiger partial charge on any atom is -0.337 e. The minimum atomic E-state index is -0.531. The van der Waals surface area contributed by atoms with Gasteiger partial charge in [-0.2, -0.15) is 0 Å². The molecule has 1 aromatic rings. The van der Waals surface area contributed by atoms with Crippen LogP contribution in [0.1, 0.15) is 26.3 Å². The van der Waals surface area contributed by atoms with E-state index in [4.69, 9.17) is 5.73 Å². The number of nitrogens with two attached hydrogens (primary N) is 1. The molecule has 0 aliphatic carbocycles. The van der Waals surface area contributed by atoms with Crippen LogP contribution < -0.4 is 5.73 Å². The van der Waals surface area contributed by atoms with Crippen molar-refractivity contribution < 1.29 is 9.18 Å². The van der Waals surface area contributed by atoms with Crippen molar-refractivity contribution in [2.45, 2.75) is 33.4 Å². The van der Waals surface area contributed by atoms with E-state index in [-0.39, 0.29) is 24.2 Å². The fourth-order valence-electron chi connectivity index (χ4n) is 1.67. The van der Waals surface area contributed by atoms with Gasteiger partial charge in [0.2, 0.25) is 5.91 Å². The normalized spacial score (nSPS) is 12.6. The van der Waals surface area contributed by atoms with Crippen molar-refractivity contribution in [3.05, 3.63) is 35.6 Å². The summed E-state index contributed by atoms with van der Waals surface area (Å²) in [4.78, 5) is 13.7. The first kappa shape index (κ1) is 14.6. The van der Waals surface area contributed by atoms with Crippen LogP contribution in [0.25, 0.3) is 0 Å². The quantitative estimate of drug-likeness (QED) is 0.873. The summed E-state index contributed by atoms with van der Waals surface area (Å²) in [6, 6.07) is 5.95. The standard InChI is InChI=1S/C14H21FN2O/c1-4-17(14(18)13(16)10(2)3)9-11-7-5-6-8-12(11)15/h5-8,10,13H,4,9,16H2,1-3H3/t13-/m0/s1. The third-order valence-corrected chi connectivity index (χ3v) is 3.02. The van der Waals surface area contributed by atoms with Gasteiger partial charge in [-0.3, -0.25) is 4.79 Å².